The lowest BCUT2D eigenvalue weighted by Crippen LogP contribution is -2.28. The SMILES string of the molecule is CC(=O)C(C)OC(C)C(=O)O. The minimum absolute atomic E-state index is 0.168. The molecule has 0 rings (SSSR count). The monoisotopic (exact) mass is 160 g/mol. The van der Waals surface area contributed by atoms with Crippen molar-refractivity contribution in [2.24, 2.45) is 0 Å². The fourth-order valence-corrected chi connectivity index (χ4v) is 0.460. The highest BCUT2D eigenvalue weighted by Crippen LogP contribution is 1.98. The van der Waals surface area contributed by atoms with Gasteiger partial charge < -0.3 is 9.84 Å². The Morgan fingerprint density at radius 1 is 1.27 bits per heavy atom. The zero-order valence-electron chi connectivity index (χ0n) is 6.83. The maximum Gasteiger partial charge on any atom is 0.332 e. The van der Waals surface area contributed by atoms with E-state index in [0.29, 0.717) is 0 Å². The Balaban J connectivity index is 3.84. The second-order valence-electron chi connectivity index (χ2n) is 2.37. The average molecular weight is 160 g/mol. The van der Waals surface area contributed by atoms with E-state index in [4.69, 9.17) is 9.84 Å². The number of Topliss-reactive ketones (excluding diaryl/α,β-unsaturated/α-hetero) is 1. The Kier molecular flexibility index (Phi) is 3.74. The smallest absolute Gasteiger partial charge is 0.332 e. The summed E-state index contributed by atoms with van der Waals surface area (Å²) in [6.07, 6.45) is -1.56. The molecule has 11 heavy (non-hydrogen) atoms. The third-order valence-electron chi connectivity index (χ3n) is 1.33. The molecule has 1 N–H and O–H groups in total. The second-order valence-corrected chi connectivity index (χ2v) is 2.37. The first-order chi connectivity index (χ1) is 4.95. The predicted molar refractivity (Wildman–Crippen MR) is 38.3 cm³/mol. The fourth-order valence-electron chi connectivity index (χ4n) is 0.460. The number of carbonyl (C=O) groups is 2. The molecule has 0 aliphatic carbocycles. The van der Waals surface area contributed by atoms with Crippen LogP contribution in [0.1, 0.15) is 20.8 Å². The first-order valence-electron chi connectivity index (χ1n) is 3.34. The van der Waals surface area contributed by atoms with Crippen LogP contribution in [0.15, 0.2) is 0 Å². The van der Waals surface area contributed by atoms with Crippen LogP contribution in [0.25, 0.3) is 0 Å². The van der Waals surface area contributed by atoms with E-state index >= 15 is 0 Å². The van der Waals surface area contributed by atoms with E-state index in [1.54, 1.807) is 0 Å². The summed E-state index contributed by atoms with van der Waals surface area (Å²) in [7, 11) is 0. The second kappa shape index (κ2) is 4.08. The van der Waals surface area contributed by atoms with Gasteiger partial charge in [0.1, 0.15) is 6.10 Å². The number of carboxylic acid groups (broad SMARTS) is 1. The van der Waals surface area contributed by atoms with Gasteiger partial charge in [0.15, 0.2) is 11.9 Å². The van der Waals surface area contributed by atoms with E-state index < -0.39 is 18.2 Å². The predicted octanol–water partition coefficient (Wildman–Crippen LogP) is 0.454. The van der Waals surface area contributed by atoms with Crippen LogP contribution in [-0.4, -0.2) is 29.1 Å². The molecule has 0 fully saturated rings. The molecule has 64 valence electrons. The highest BCUT2D eigenvalue weighted by atomic mass is 16.5. The van der Waals surface area contributed by atoms with Crippen LogP contribution in [-0.2, 0) is 14.3 Å². The molecule has 2 unspecified atom stereocenters. The third kappa shape index (κ3) is 3.72. The summed E-state index contributed by atoms with van der Waals surface area (Å²) in [4.78, 5) is 20.8. The molecule has 0 aliphatic rings. The maximum atomic E-state index is 10.6. The summed E-state index contributed by atoms with van der Waals surface area (Å²) in [5, 5.41) is 8.38. The summed E-state index contributed by atoms with van der Waals surface area (Å²) in [6, 6.07) is 0. The van der Waals surface area contributed by atoms with E-state index in [1.807, 2.05) is 0 Å². The molecule has 0 bridgehead atoms. The van der Waals surface area contributed by atoms with Crippen LogP contribution in [0.5, 0.6) is 0 Å². The van der Waals surface area contributed by atoms with Gasteiger partial charge in [0.25, 0.3) is 0 Å². The summed E-state index contributed by atoms with van der Waals surface area (Å²) in [5.41, 5.74) is 0. The Hall–Kier alpha value is -0.900. The lowest BCUT2D eigenvalue weighted by Gasteiger charge is -2.12. The molecule has 0 saturated carbocycles. The molecule has 0 heterocycles. The normalized spacial score (nSPS) is 15.5. The summed E-state index contributed by atoms with van der Waals surface area (Å²) >= 11 is 0. The molecule has 4 heteroatoms. The van der Waals surface area contributed by atoms with Crippen molar-refractivity contribution in [3.63, 3.8) is 0 Å². The number of rotatable bonds is 4. The van der Waals surface area contributed by atoms with Crippen LogP contribution in [0.4, 0.5) is 0 Å². The highest BCUT2D eigenvalue weighted by Gasteiger charge is 2.17. The minimum Gasteiger partial charge on any atom is -0.479 e. The maximum absolute atomic E-state index is 10.6. The largest absolute Gasteiger partial charge is 0.479 e. The van der Waals surface area contributed by atoms with Crippen LogP contribution < -0.4 is 0 Å². The van der Waals surface area contributed by atoms with Crippen molar-refractivity contribution in [2.45, 2.75) is 33.0 Å². The van der Waals surface area contributed by atoms with Crippen molar-refractivity contribution >= 4 is 11.8 Å². The van der Waals surface area contributed by atoms with Gasteiger partial charge in [-0.3, -0.25) is 4.79 Å². The van der Waals surface area contributed by atoms with Crippen molar-refractivity contribution in [3.8, 4) is 0 Å². The quantitative estimate of drug-likeness (QED) is 0.648. The molecule has 4 nitrogen and oxygen atoms in total. The fraction of sp³-hybridized carbons (Fsp3) is 0.714. The zero-order valence-corrected chi connectivity index (χ0v) is 6.83. The molecule has 0 amide bonds. The Labute approximate surface area is 65.2 Å². The van der Waals surface area contributed by atoms with E-state index in [0.717, 1.165) is 0 Å². The topological polar surface area (TPSA) is 63.6 Å². The summed E-state index contributed by atoms with van der Waals surface area (Å²) in [6.45, 7) is 4.28. The van der Waals surface area contributed by atoms with Crippen LogP contribution in [0.2, 0.25) is 0 Å². The van der Waals surface area contributed by atoms with Crippen molar-refractivity contribution in [3.05, 3.63) is 0 Å². The molecule has 0 saturated heterocycles. The lowest BCUT2D eigenvalue weighted by atomic mass is 10.3. The van der Waals surface area contributed by atoms with Gasteiger partial charge in [0.2, 0.25) is 0 Å². The molecular formula is C7H12O4. The number of ether oxygens (including phenoxy) is 1. The number of ketones is 1. The van der Waals surface area contributed by atoms with Crippen LogP contribution >= 0.6 is 0 Å². The van der Waals surface area contributed by atoms with Crippen molar-refractivity contribution < 1.29 is 19.4 Å². The standard InChI is InChI=1S/C7H12O4/c1-4(8)5(2)11-6(3)7(9)10/h5-6H,1-3H3,(H,9,10). The Bertz CT molecular complexity index is 146. The van der Waals surface area contributed by atoms with Gasteiger partial charge in [0, 0.05) is 0 Å². The number of aliphatic carboxylic acids is 1. The molecule has 0 aromatic heterocycles. The van der Waals surface area contributed by atoms with Gasteiger partial charge >= 0.3 is 5.97 Å². The molecule has 0 aliphatic heterocycles. The van der Waals surface area contributed by atoms with Gasteiger partial charge in [-0.15, -0.1) is 0 Å². The highest BCUT2D eigenvalue weighted by molar-refractivity contribution is 5.80. The summed E-state index contributed by atoms with van der Waals surface area (Å²) in [5.74, 6) is -1.23. The number of carbonyl (C=O) groups excluding carboxylic acids is 1. The van der Waals surface area contributed by atoms with Gasteiger partial charge in [0.05, 0.1) is 0 Å². The van der Waals surface area contributed by atoms with E-state index in [9.17, 15) is 9.59 Å². The zero-order chi connectivity index (χ0) is 9.02. The lowest BCUT2D eigenvalue weighted by molar-refractivity contribution is -0.154. The summed E-state index contributed by atoms with van der Waals surface area (Å²) < 4.78 is 4.82. The first kappa shape index (κ1) is 10.1. The first-order valence-corrected chi connectivity index (χ1v) is 3.34. The van der Waals surface area contributed by atoms with Gasteiger partial charge in [-0.25, -0.2) is 4.79 Å². The van der Waals surface area contributed by atoms with Gasteiger partial charge in [-0.05, 0) is 20.8 Å². The van der Waals surface area contributed by atoms with Gasteiger partial charge in [-0.1, -0.05) is 0 Å². The van der Waals surface area contributed by atoms with Crippen molar-refractivity contribution in [1.82, 2.24) is 0 Å². The minimum atomic E-state index is -1.06. The molecular weight excluding hydrogens is 148 g/mol. The molecule has 0 spiro atoms. The van der Waals surface area contributed by atoms with E-state index in [1.165, 1.54) is 20.8 Å². The number of hydrogen-bond acceptors (Lipinski definition) is 3. The molecule has 2 atom stereocenters. The van der Waals surface area contributed by atoms with E-state index in [2.05, 4.69) is 0 Å². The van der Waals surface area contributed by atoms with Crippen LogP contribution in [0.3, 0.4) is 0 Å². The Morgan fingerprint density at radius 3 is 2.00 bits per heavy atom. The van der Waals surface area contributed by atoms with Crippen molar-refractivity contribution in [1.29, 1.82) is 0 Å². The number of hydrogen-bond donors (Lipinski definition) is 1. The number of carboxylic acids is 1. The van der Waals surface area contributed by atoms with Crippen LogP contribution in [0, 0.1) is 0 Å². The Morgan fingerprint density at radius 2 is 1.73 bits per heavy atom. The molecule has 0 radical (unpaired) electrons. The molecule has 0 aromatic carbocycles. The van der Waals surface area contributed by atoms with Gasteiger partial charge in [-0.2, -0.15) is 0 Å². The van der Waals surface area contributed by atoms with E-state index in [-0.39, 0.29) is 5.78 Å². The average Bonchev–Trinajstić information content (AvgIpc) is 1.87. The molecule has 0 aromatic rings. The van der Waals surface area contributed by atoms with Crippen molar-refractivity contribution in [2.75, 3.05) is 0 Å². The third-order valence-corrected chi connectivity index (χ3v) is 1.33.